The molecule has 90 valence electrons. The first-order valence-corrected chi connectivity index (χ1v) is 6.59. The normalized spacial score (nSPS) is 28.4. The second kappa shape index (κ2) is 5.96. The average Bonchev–Trinajstić information content (AvgIpc) is 2.34. The third kappa shape index (κ3) is 3.40. The van der Waals surface area contributed by atoms with E-state index in [0.29, 0.717) is 0 Å². The maximum atomic E-state index is 8.43. The zero-order valence-electron chi connectivity index (χ0n) is 9.69. The zero-order chi connectivity index (χ0) is 12.1. The second-order valence-corrected chi connectivity index (χ2v) is 5.28. The molecular weight excluding hydrogens is 234 g/mol. The molecule has 1 aliphatic rings. The summed E-state index contributed by atoms with van der Waals surface area (Å²) in [5.41, 5.74) is 8.60. The van der Waals surface area contributed by atoms with Crippen molar-refractivity contribution in [1.82, 2.24) is 0 Å². The molecule has 4 nitrogen and oxygen atoms in total. The van der Waals surface area contributed by atoms with Crippen molar-refractivity contribution in [3.63, 3.8) is 0 Å². The zero-order valence-corrected chi connectivity index (χ0v) is 10.5. The molecule has 0 bridgehead atoms. The third-order valence-electron chi connectivity index (χ3n) is 2.82. The predicted octanol–water partition coefficient (Wildman–Crippen LogP) is 3.98. The highest BCUT2D eigenvalue weighted by Crippen LogP contribution is 2.33. The van der Waals surface area contributed by atoms with Crippen LogP contribution >= 0.6 is 11.8 Å². The summed E-state index contributed by atoms with van der Waals surface area (Å²) >= 11 is 1.73. The van der Waals surface area contributed by atoms with Crippen LogP contribution in [0.1, 0.15) is 19.8 Å². The number of nitrogens with zero attached hydrogens (tertiary/aromatic N) is 3. The summed E-state index contributed by atoms with van der Waals surface area (Å²) in [6, 6.07) is 10.2. The minimum Gasteiger partial charge on any atom is -0.364 e. The lowest BCUT2D eigenvalue weighted by molar-refractivity contribution is -0.00548. The van der Waals surface area contributed by atoms with Gasteiger partial charge in [0.1, 0.15) is 5.44 Å². The van der Waals surface area contributed by atoms with E-state index in [-0.39, 0.29) is 17.6 Å². The Bertz CT molecular complexity index is 405. The molecular formula is C12H15N3OS. The number of azide groups is 1. The van der Waals surface area contributed by atoms with Gasteiger partial charge >= 0.3 is 0 Å². The van der Waals surface area contributed by atoms with E-state index in [1.54, 1.807) is 11.8 Å². The van der Waals surface area contributed by atoms with Crippen molar-refractivity contribution >= 4 is 11.8 Å². The standard InChI is InChI=1S/C12H15N3OS/c1-9-11(14-15-13)7-8-12(16-9)17-10-5-3-2-4-6-10/h2-6,9,11-12H,7-8H2,1H3. The van der Waals surface area contributed by atoms with E-state index in [1.807, 2.05) is 25.1 Å². The topological polar surface area (TPSA) is 58.0 Å². The van der Waals surface area contributed by atoms with E-state index < -0.39 is 0 Å². The SMILES string of the molecule is CC1OC(Sc2ccccc2)CCC1N=[N+]=[N-]. The van der Waals surface area contributed by atoms with Gasteiger partial charge in [-0.25, -0.2) is 0 Å². The van der Waals surface area contributed by atoms with Crippen LogP contribution in [0.15, 0.2) is 40.3 Å². The summed E-state index contributed by atoms with van der Waals surface area (Å²) in [5, 5.41) is 3.75. The number of thioether (sulfide) groups is 1. The van der Waals surface area contributed by atoms with Crippen LogP contribution in [0.2, 0.25) is 0 Å². The molecule has 0 spiro atoms. The van der Waals surface area contributed by atoms with Gasteiger partial charge in [-0.2, -0.15) is 0 Å². The maximum Gasteiger partial charge on any atom is 0.108 e. The van der Waals surface area contributed by atoms with Crippen molar-refractivity contribution in [1.29, 1.82) is 0 Å². The van der Waals surface area contributed by atoms with Crippen LogP contribution < -0.4 is 0 Å². The Morgan fingerprint density at radius 3 is 2.76 bits per heavy atom. The summed E-state index contributed by atoms with van der Waals surface area (Å²) in [5.74, 6) is 0. The van der Waals surface area contributed by atoms with Crippen LogP contribution in [0.5, 0.6) is 0 Å². The fourth-order valence-electron chi connectivity index (χ4n) is 1.90. The lowest BCUT2D eigenvalue weighted by atomic mass is 10.1. The average molecular weight is 249 g/mol. The number of hydrogen-bond acceptors (Lipinski definition) is 3. The molecule has 0 N–H and O–H groups in total. The molecule has 2 rings (SSSR count). The molecule has 0 amide bonds. The molecule has 0 saturated carbocycles. The van der Waals surface area contributed by atoms with Crippen molar-refractivity contribution in [3.05, 3.63) is 40.8 Å². The van der Waals surface area contributed by atoms with E-state index in [1.165, 1.54) is 4.90 Å². The smallest absolute Gasteiger partial charge is 0.108 e. The first-order chi connectivity index (χ1) is 8.29. The van der Waals surface area contributed by atoms with E-state index in [2.05, 4.69) is 22.2 Å². The van der Waals surface area contributed by atoms with Gasteiger partial charge in [-0.1, -0.05) is 35.1 Å². The van der Waals surface area contributed by atoms with Crippen LogP contribution in [0.25, 0.3) is 10.4 Å². The Labute approximate surface area is 105 Å². The van der Waals surface area contributed by atoms with Gasteiger partial charge < -0.3 is 4.74 Å². The molecule has 0 aromatic heterocycles. The molecule has 17 heavy (non-hydrogen) atoms. The highest BCUT2D eigenvalue weighted by Gasteiger charge is 2.27. The molecule has 1 aromatic carbocycles. The lowest BCUT2D eigenvalue weighted by Crippen LogP contribution is -2.34. The van der Waals surface area contributed by atoms with Gasteiger partial charge in [0.2, 0.25) is 0 Å². The Hall–Kier alpha value is -1.16. The Kier molecular flexibility index (Phi) is 4.31. The van der Waals surface area contributed by atoms with Crippen LogP contribution in [0, 0.1) is 0 Å². The fourth-order valence-corrected chi connectivity index (χ4v) is 3.00. The molecule has 1 saturated heterocycles. The first-order valence-electron chi connectivity index (χ1n) is 5.71. The second-order valence-electron chi connectivity index (χ2n) is 4.05. The summed E-state index contributed by atoms with van der Waals surface area (Å²) in [7, 11) is 0. The van der Waals surface area contributed by atoms with Gasteiger partial charge in [0.05, 0.1) is 12.1 Å². The van der Waals surface area contributed by atoms with E-state index in [9.17, 15) is 0 Å². The van der Waals surface area contributed by atoms with Crippen LogP contribution in [-0.4, -0.2) is 17.6 Å². The molecule has 5 heteroatoms. The van der Waals surface area contributed by atoms with Crippen LogP contribution in [-0.2, 0) is 4.74 Å². The minimum absolute atomic E-state index is 0.000798. The monoisotopic (exact) mass is 249 g/mol. The van der Waals surface area contributed by atoms with Crippen molar-refractivity contribution in [2.45, 2.75) is 42.2 Å². The molecule has 1 heterocycles. The minimum atomic E-state index is -0.0207. The quantitative estimate of drug-likeness (QED) is 0.462. The van der Waals surface area contributed by atoms with E-state index in [0.717, 1.165) is 12.8 Å². The molecule has 0 aliphatic carbocycles. The van der Waals surface area contributed by atoms with Gasteiger partial charge in [-0.15, -0.1) is 0 Å². The summed E-state index contributed by atoms with van der Waals surface area (Å²) in [6.45, 7) is 1.97. The number of benzene rings is 1. The molecule has 1 aromatic rings. The summed E-state index contributed by atoms with van der Waals surface area (Å²) < 4.78 is 5.85. The molecule has 0 radical (unpaired) electrons. The van der Waals surface area contributed by atoms with Crippen LogP contribution in [0.4, 0.5) is 0 Å². The number of hydrogen-bond donors (Lipinski definition) is 0. The Morgan fingerprint density at radius 1 is 1.35 bits per heavy atom. The summed E-state index contributed by atoms with van der Waals surface area (Å²) in [4.78, 5) is 4.07. The first kappa shape index (κ1) is 12.3. The number of ether oxygens (including phenoxy) is 1. The van der Waals surface area contributed by atoms with E-state index >= 15 is 0 Å². The van der Waals surface area contributed by atoms with Crippen molar-refractivity contribution < 1.29 is 4.74 Å². The third-order valence-corrected chi connectivity index (χ3v) is 3.97. The van der Waals surface area contributed by atoms with Crippen LogP contribution in [0.3, 0.4) is 0 Å². The maximum absolute atomic E-state index is 8.43. The number of rotatable bonds is 3. The predicted molar refractivity (Wildman–Crippen MR) is 68.8 cm³/mol. The fraction of sp³-hybridized carbons (Fsp3) is 0.500. The van der Waals surface area contributed by atoms with E-state index in [4.69, 9.17) is 10.3 Å². The van der Waals surface area contributed by atoms with Gasteiger partial charge in [0.15, 0.2) is 0 Å². The molecule has 3 unspecified atom stereocenters. The van der Waals surface area contributed by atoms with Gasteiger partial charge in [0, 0.05) is 9.81 Å². The highest BCUT2D eigenvalue weighted by molar-refractivity contribution is 7.99. The Balaban J connectivity index is 1.91. The highest BCUT2D eigenvalue weighted by atomic mass is 32.2. The lowest BCUT2D eigenvalue weighted by Gasteiger charge is -2.31. The largest absolute Gasteiger partial charge is 0.364 e. The van der Waals surface area contributed by atoms with Gasteiger partial charge in [-0.05, 0) is 37.4 Å². The molecule has 1 fully saturated rings. The van der Waals surface area contributed by atoms with Gasteiger partial charge in [-0.3, -0.25) is 0 Å². The van der Waals surface area contributed by atoms with Crippen molar-refractivity contribution in [2.24, 2.45) is 5.11 Å². The van der Waals surface area contributed by atoms with Crippen molar-refractivity contribution in [3.8, 4) is 0 Å². The summed E-state index contributed by atoms with van der Waals surface area (Å²) in [6.07, 6.45) is 1.82. The Morgan fingerprint density at radius 2 is 2.12 bits per heavy atom. The van der Waals surface area contributed by atoms with Crippen molar-refractivity contribution in [2.75, 3.05) is 0 Å². The van der Waals surface area contributed by atoms with Gasteiger partial charge in [0.25, 0.3) is 0 Å². The molecule has 1 aliphatic heterocycles. The molecule has 3 atom stereocenters.